The highest BCUT2D eigenvalue weighted by Gasteiger charge is 2.30. The first-order valence-corrected chi connectivity index (χ1v) is 7.47. The molecule has 1 aromatic rings. The van der Waals surface area contributed by atoms with Gasteiger partial charge in [-0.2, -0.15) is 4.31 Å². The van der Waals surface area contributed by atoms with Crippen LogP contribution < -0.4 is 5.73 Å². The number of piperidine rings is 1. The monoisotopic (exact) mass is 288 g/mol. The van der Waals surface area contributed by atoms with E-state index in [4.69, 9.17) is 10.5 Å². The first kappa shape index (κ1) is 14.2. The minimum absolute atomic E-state index is 0.0168. The zero-order valence-corrected chi connectivity index (χ0v) is 11.5. The Morgan fingerprint density at radius 2 is 2.21 bits per heavy atom. The van der Waals surface area contributed by atoms with Gasteiger partial charge in [-0.1, -0.05) is 0 Å². The Morgan fingerprint density at radius 1 is 1.47 bits per heavy atom. The van der Waals surface area contributed by atoms with Crippen LogP contribution in [-0.2, 0) is 14.8 Å². The molecule has 106 valence electrons. The molecule has 0 amide bonds. The number of hydrogen-bond acceptors (Lipinski definition) is 4. The van der Waals surface area contributed by atoms with Gasteiger partial charge in [-0.25, -0.2) is 12.8 Å². The molecule has 2 N–H and O–H groups in total. The van der Waals surface area contributed by atoms with E-state index >= 15 is 0 Å². The van der Waals surface area contributed by atoms with Crippen molar-refractivity contribution in [2.75, 3.05) is 25.9 Å². The number of ether oxygens (including phenoxy) is 1. The largest absolute Gasteiger partial charge is 0.396 e. The van der Waals surface area contributed by atoms with E-state index in [2.05, 4.69) is 0 Å². The molecule has 1 aliphatic heterocycles. The molecule has 2 rings (SSSR count). The second-order valence-electron chi connectivity index (χ2n) is 4.55. The third-order valence-electron chi connectivity index (χ3n) is 3.28. The molecule has 0 aliphatic carbocycles. The number of benzene rings is 1. The van der Waals surface area contributed by atoms with Crippen LogP contribution in [0.5, 0.6) is 0 Å². The highest BCUT2D eigenvalue weighted by atomic mass is 32.2. The van der Waals surface area contributed by atoms with E-state index in [9.17, 15) is 12.8 Å². The van der Waals surface area contributed by atoms with Gasteiger partial charge in [0, 0.05) is 20.2 Å². The molecule has 1 fully saturated rings. The van der Waals surface area contributed by atoms with E-state index in [0.29, 0.717) is 13.1 Å². The standard InChI is InChI=1S/C12H17FN2O3S/c1-18-9-3-2-6-15(8-9)19(16,17)10-4-5-11(13)12(14)7-10/h4-5,7,9H,2-3,6,8,14H2,1H3. The zero-order chi connectivity index (χ0) is 14.0. The summed E-state index contributed by atoms with van der Waals surface area (Å²) in [5, 5.41) is 0. The molecule has 0 aromatic heterocycles. The zero-order valence-electron chi connectivity index (χ0n) is 10.7. The first-order chi connectivity index (χ1) is 8.95. The van der Waals surface area contributed by atoms with E-state index < -0.39 is 15.8 Å². The van der Waals surface area contributed by atoms with Crippen molar-refractivity contribution in [1.82, 2.24) is 4.31 Å². The fourth-order valence-electron chi connectivity index (χ4n) is 2.15. The number of nitrogen functional groups attached to an aromatic ring is 1. The lowest BCUT2D eigenvalue weighted by Crippen LogP contribution is -2.42. The Labute approximate surface area is 112 Å². The maximum atomic E-state index is 13.1. The highest BCUT2D eigenvalue weighted by molar-refractivity contribution is 7.89. The Balaban J connectivity index is 2.28. The Kier molecular flexibility index (Phi) is 4.07. The Morgan fingerprint density at radius 3 is 2.84 bits per heavy atom. The van der Waals surface area contributed by atoms with Gasteiger partial charge in [0.1, 0.15) is 5.82 Å². The molecule has 7 heteroatoms. The lowest BCUT2D eigenvalue weighted by atomic mass is 10.1. The van der Waals surface area contributed by atoms with E-state index in [0.717, 1.165) is 25.0 Å². The summed E-state index contributed by atoms with van der Waals surface area (Å²) >= 11 is 0. The molecule has 0 saturated carbocycles. The summed E-state index contributed by atoms with van der Waals surface area (Å²) in [6.07, 6.45) is 1.49. The average Bonchev–Trinajstić information content (AvgIpc) is 2.41. The number of anilines is 1. The van der Waals surface area contributed by atoms with E-state index in [1.165, 1.54) is 10.4 Å². The van der Waals surface area contributed by atoms with E-state index in [1.807, 2.05) is 0 Å². The van der Waals surface area contributed by atoms with Gasteiger partial charge in [-0.15, -0.1) is 0 Å². The number of rotatable bonds is 3. The van der Waals surface area contributed by atoms with Crippen molar-refractivity contribution >= 4 is 15.7 Å². The van der Waals surface area contributed by atoms with E-state index in [1.54, 1.807) is 7.11 Å². The van der Waals surface area contributed by atoms with Crippen LogP contribution >= 0.6 is 0 Å². The molecule has 0 bridgehead atoms. The van der Waals surface area contributed by atoms with Gasteiger partial charge in [0.2, 0.25) is 10.0 Å². The Hall–Kier alpha value is -1.18. The van der Waals surface area contributed by atoms with Crippen molar-refractivity contribution < 1.29 is 17.5 Å². The molecule has 1 aliphatic rings. The van der Waals surface area contributed by atoms with Crippen molar-refractivity contribution in [3.63, 3.8) is 0 Å². The van der Waals surface area contributed by atoms with Crippen LogP contribution in [0, 0.1) is 5.82 Å². The van der Waals surface area contributed by atoms with Gasteiger partial charge in [0.05, 0.1) is 16.7 Å². The maximum Gasteiger partial charge on any atom is 0.243 e. The van der Waals surface area contributed by atoms with Gasteiger partial charge < -0.3 is 10.5 Å². The molecular formula is C12H17FN2O3S. The molecule has 1 heterocycles. The summed E-state index contributed by atoms with van der Waals surface area (Å²) in [6.45, 7) is 0.760. The molecule has 0 radical (unpaired) electrons. The predicted molar refractivity (Wildman–Crippen MR) is 69.6 cm³/mol. The van der Waals surface area contributed by atoms with Crippen LogP contribution in [0.1, 0.15) is 12.8 Å². The van der Waals surface area contributed by atoms with Gasteiger partial charge >= 0.3 is 0 Å². The molecule has 5 nitrogen and oxygen atoms in total. The van der Waals surface area contributed by atoms with Crippen LogP contribution in [-0.4, -0.2) is 39.0 Å². The fraction of sp³-hybridized carbons (Fsp3) is 0.500. The van der Waals surface area contributed by atoms with Crippen molar-refractivity contribution in [2.45, 2.75) is 23.8 Å². The van der Waals surface area contributed by atoms with Crippen LogP contribution in [0.3, 0.4) is 0 Å². The van der Waals surface area contributed by atoms with Gasteiger partial charge in [0.25, 0.3) is 0 Å². The molecule has 1 saturated heterocycles. The maximum absolute atomic E-state index is 13.1. The normalized spacial score (nSPS) is 21.5. The van der Waals surface area contributed by atoms with Crippen molar-refractivity contribution in [3.8, 4) is 0 Å². The second kappa shape index (κ2) is 5.44. The lowest BCUT2D eigenvalue weighted by Gasteiger charge is -2.31. The van der Waals surface area contributed by atoms with Crippen LogP contribution in [0.25, 0.3) is 0 Å². The van der Waals surface area contributed by atoms with Crippen LogP contribution in [0.2, 0.25) is 0 Å². The van der Waals surface area contributed by atoms with Crippen LogP contribution in [0.4, 0.5) is 10.1 Å². The number of hydrogen-bond donors (Lipinski definition) is 1. The molecule has 1 aromatic carbocycles. The number of sulfonamides is 1. The molecule has 0 spiro atoms. The average molecular weight is 288 g/mol. The summed E-state index contributed by atoms with van der Waals surface area (Å²) < 4.78 is 44.5. The third kappa shape index (κ3) is 2.88. The number of nitrogens with two attached hydrogens (primary N) is 1. The number of halogens is 1. The van der Waals surface area contributed by atoms with Crippen molar-refractivity contribution in [1.29, 1.82) is 0 Å². The number of methoxy groups -OCH3 is 1. The van der Waals surface area contributed by atoms with Crippen LogP contribution in [0.15, 0.2) is 23.1 Å². The number of nitrogens with zero attached hydrogens (tertiary/aromatic N) is 1. The topological polar surface area (TPSA) is 72.6 Å². The van der Waals surface area contributed by atoms with Gasteiger partial charge in [-0.05, 0) is 31.0 Å². The second-order valence-corrected chi connectivity index (χ2v) is 6.48. The summed E-state index contributed by atoms with van der Waals surface area (Å²) in [5.74, 6) is -0.618. The summed E-state index contributed by atoms with van der Waals surface area (Å²) in [4.78, 5) is 0.0168. The SMILES string of the molecule is COC1CCCN(S(=O)(=O)c2ccc(F)c(N)c2)C1. The first-order valence-electron chi connectivity index (χ1n) is 6.03. The summed E-state index contributed by atoms with van der Waals surface area (Å²) in [6, 6.07) is 3.46. The van der Waals surface area contributed by atoms with Gasteiger partial charge in [0.15, 0.2) is 0 Å². The predicted octanol–water partition coefficient (Wildman–Crippen LogP) is 1.21. The Bertz CT molecular complexity index is 562. The third-order valence-corrected chi connectivity index (χ3v) is 5.14. The molecular weight excluding hydrogens is 271 g/mol. The molecule has 1 atom stereocenters. The fourth-order valence-corrected chi connectivity index (χ4v) is 3.69. The van der Waals surface area contributed by atoms with Crippen molar-refractivity contribution in [3.05, 3.63) is 24.0 Å². The quantitative estimate of drug-likeness (QED) is 0.848. The van der Waals surface area contributed by atoms with E-state index in [-0.39, 0.29) is 16.7 Å². The minimum atomic E-state index is -3.64. The highest BCUT2D eigenvalue weighted by Crippen LogP contribution is 2.24. The van der Waals surface area contributed by atoms with Crippen molar-refractivity contribution in [2.24, 2.45) is 0 Å². The summed E-state index contributed by atoms with van der Waals surface area (Å²) in [7, 11) is -2.07. The lowest BCUT2D eigenvalue weighted by molar-refractivity contribution is 0.0572. The summed E-state index contributed by atoms with van der Waals surface area (Å²) in [5.41, 5.74) is 5.25. The molecule has 1 unspecified atom stereocenters. The smallest absolute Gasteiger partial charge is 0.243 e. The van der Waals surface area contributed by atoms with Gasteiger partial charge in [-0.3, -0.25) is 0 Å². The minimum Gasteiger partial charge on any atom is -0.396 e. The molecule has 19 heavy (non-hydrogen) atoms.